The highest BCUT2D eigenvalue weighted by atomic mass is 32.1. The molecule has 0 aliphatic heterocycles. The highest BCUT2D eigenvalue weighted by Crippen LogP contribution is 2.13. The quantitative estimate of drug-likeness (QED) is 0.828. The van der Waals surface area contributed by atoms with Crippen molar-refractivity contribution in [3.8, 4) is 0 Å². The minimum atomic E-state index is 0.644. The molecule has 0 amide bonds. The van der Waals surface area contributed by atoms with Crippen molar-refractivity contribution in [1.82, 2.24) is 15.1 Å². The van der Waals surface area contributed by atoms with E-state index in [0.29, 0.717) is 5.89 Å². The van der Waals surface area contributed by atoms with Gasteiger partial charge in [0, 0.05) is 18.3 Å². The zero-order valence-electron chi connectivity index (χ0n) is 7.73. The van der Waals surface area contributed by atoms with Crippen LogP contribution < -0.4 is 5.32 Å². The summed E-state index contributed by atoms with van der Waals surface area (Å²) >= 11 is 1.60. The third kappa shape index (κ3) is 2.29. The molecule has 0 aliphatic rings. The van der Waals surface area contributed by atoms with Crippen LogP contribution in [0, 0.1) is 6.92 Å². The number of aromatic nitrogens is 3. The van der Waals surface area contributed by atoms with Crippen molar-refractivity contribution in [2.24, 2.45) is 0 Å². The number of thiazole rings is 1. The van der Waals surface area contributed by atoms with Gasteiger partial charge in [-0.1, -0.05) is 5.16 Å². The lowest BCUT2D eigenvalue weighted by Crippen LogP contribution is -2.04. The normalized spacial score (nSPS) is 10.4. The highest BCUT2D eigenvalue weighted by Gasteiger charge is 2.00. The average Bonchev–Trinajstić information content (AvgIpc) is 2.77. The van der Waals surface area contributed by atoms with Crippen molar-refractivity contribution in [1.29, 1.82) is 0 Å². The number of hydrogen-bond donors (Lipinski definition) is 1. The van der Waals surface area contributed by atoms with Crippen molar-refractivity contribution in [3.05, 3.63) is 23.3 Å². The van der Waals surface area contributed by atoms with E-state index in [4.69, 9.17) is 4.52 Å². The Morgan fingerprint density at radius 2 is 2.50 bits per heavy atom. The minimum Gasteiger partial charge on any atom is -0.361 e. The average molecular weight is 210 g/mol. The third-order valence-corrected chi connectivity index (χ3v) is 2.56. The number of rotatable bonds is 4. The summed E-state index contributed by atoms with van der Waals surface area (Å²) in [7, 11) is 0. The maximum atomic E-state index is 4.86. The van der Waals surface area contributed by atoms with Crippen LogP contribution >= 0.6 is 11.3 Å². The molecule has 74 valence electrons. The molecular formula is C8H10N4OS. The standard InChI is InChI=1S/C8H10N4OS/c1-6-4-14-8(12-6)9-3-2-7-10-5-11-13-7/h4-5H,2-3H2,1H3,(H,9,12). The molecule has 1 N–H and O–H groups in total. The molecule has 0 fully saturated rings. The summed E-state index contributed by atoms with van der Waals surface area (Å²) in [6, 6.07) is 0. The largest absolute Gasteiger partial charge is 0.361 e. The first-order chi connectivity index (χ1) is 6.84. The smallest absolute Gasteiger partial charge is 0.228 e. The van der Waals surface area contributed by atoms with Crippen LogP contribution in [0.5, 0.6) is 0 Å². The zero-order valence-corrected chi connectivity index (χ0v) is 8.54. The Labute approximate surface area is 85.2 Å². The molecule has 6 heteroatoms. The molecule has 5 nitrogen and oxygen atoms in total. The SMILES string of the molecule is Cc1csc(NCCc2ncno2)n1. The van der Waals surface area contributed by atoms with Crippen molar-refractivity contribution in [3.63, 3.8) is 0 Å². The van der Waals surface area contributed by atoms with Gasteiger partial charge in [0.2, 0.25) is 5.89 Å². The number of anilines is 1. The second-order valence-electron chi connectivity index (χ2n) is 2.81. The van der Waals surface area contributed by atoms with E-state index >= 15 is 0 Å². The van der Waals surface area contributed by atoms with Crippen molar-refractivity contribution in [2.45, 2.75) is 13.3 Å². The van der Waals surface area contributed by atoms with Crippen LogP contribution in [0.1, 0.15) is 11.6 Å². The van der Waals surface area contributed by atoms with Gasteiger partial charge in [-0.15, -0.1) is 11.3 Å². The van der Waals surface area contributed by atoms with Crippen LogP contribution in [0.25, 0.3) is 0 Å². The van der Waals surface area contributed by atoms with Crippen LogP contribution in [-0.4, -0.2) is 21.7 Å². The van der Waals surface area contributed by atoms with Crippen LogP contribution in [0.4, 0.5) is 5.13 Å². The number of aryl methyl sites for hydroxylation is 1. The molecule has 0 bridgehead atoms. The Bertz CT molecular complexity index is 384. The van der Waals surface area contributed by atoms with E-state index in [1.54, 1.807) is 11.3 Å². The van der Waals surface area contributed by atoms with Gasteiger partial charge in [0.15, 0.2) is 11.5 Å². The first-order valence-corrected chi connectivity index (χ1v) is 5.14. The first kappa shape index (κ1) is 9.14. The number of nitrogens with zero attached hydrogens (tertiary/aromatic N) is 3. The topological polar surface area (TPSA) is 63.8 Å². The minimum absolute atomic E-state index is 0.644. The fourth-order valence-corrected chi connectivity index (χ4v) is 1.73. The van der Waals surface area contributed by atoms with Gasteiger partial charge < -0.3 is 9.84 Å². The van der Waals surface area contributed by atoms with Gasteiger partial charge in [-0.2, -0.15) is 4.98 Å². The summed E-state index contributed by atoms with van der Waals surface area (Å²) in [6.45, 7) is 2.73. The molecule has 2 heterocycles. The van der Waals surface area contributed by atoms with E-state index in [0.717, 1.165) is 23.8 Å². The Kier molecular flexibility index (Phi) is 2.73. The van der Waals surface area contributed by atoms with E-state index in [2.05, 4.69) is 20.4 Å². The zero-order chi connectivity index (χ0) is 9.80. The Morgan fingerprint density at radius 1 is 1.57 bits per heavy atom. The van der Waals surface area contributed by atoms with E-state index in [9.17, 15) is 0 Å². The van der Waals surface area contributed by atoms with E-state index in [-0.39, 0.29) is 0 Å². The molecule has 0 unspecified atom stereocenters. The summed E-state index contributed by atoms with van der Waals surface area (Å²) in [5.74, 6) is 0.644. The van der Waals surface area contributed by atoms with Crippen LogP contribution in [-0.2, 0) is 6.42 Å². The summed E-state index contributed by atoms with van der Waals surface area (Å²) in [5, 5.41) is 9.65. The van der Waals surface area contributed by atoms with E-state index < -0.39 is 0 Å². The van der Waals surface area contributed by atoms with Gasteiger partial charge in [0.1, 0.15) is 0 Å². The summed E-state index contributed by atoms with van der Waals surface area (Å²) < 4.78 is 4.86. The van der Waals surface area contributed by atoms with Gasteiger partial charge in [-0.3, -0.25) is 0 Å². The van der Waals surface area contributed by atoms with Crippen LogP contribution in [0.3, 0.4) is 0 Å². The van der Waals surface area contributed by atoms with E-state index in [1.165, 1.54) is 6.33 Å². The van der Waals surface area contributed by atoms with Crippen molar-refractivity contribution >= 4 is 16.5 Å². The molecule has 2 rings (SSSR count). The highest BCUT2D eigenvalue weighted by molar-refractivity contribution is 7.13. The molecule has 0 spiro atoms. The lowest BCUT2D eigenvalue weighted by Gasteiger charge is -1.97. The molecular weight excluding hydrogens is 200 g/mol. The second kappa shape index (κ2) is 4.19. The fraction of sp³-hybridized carbons (Fsp3) is 0.375. The van der Waals surface area contributed by atoms with Crippen LogP contribution in [0.15, 0.2) is 16.2 Å². The van der Waals surface area contributed by atoms with Crippen molar-refractivity contribution in [2.75, 3.05) is 11.9 Å². The number of nitrogens with one attached hydrogen (secondary N) is 1. The lowest BCUT2D eigenvalue weighted by atomic mass is 10.4. The second-order valence-corrected chi connectivity index (χ2v) is 3.66. The van der Waals surface area contributed by atoms with Gasteiger partial charge in [0.05, 0.1) is 5.69 Å². The molecule has 2 aromatic heterocycles. The predicted molar refractivity (Wildman–Crippen MR) is 53.3 cm³/mol. The van der Waals surface area contributed by atoms with Crippen molar-refractivity contribution < 1.29 is 4.52 Å². The molecule has 14 heavy (non-hydrogen) atoms. The maximum Gasteiger partial charge on any atom is 0.228 e. The summed E-state index contributed by atoms with van der Waals surface area (Å²) in [6.07, 6.45) is 2.13. The molecule has 0 radical (unpaired) electrons. The van der Waals surface area contributed by atoms with Crippen LogP contribution in [0.2, 0.25) is 0 Å². The molecule has 0 aliphatic carbocycles. The Morgan fingerprint density at radius 3 is 3.14 bits per heavy atom. The third-order valence-electron chi connectivity index (χ3n) is 1.64. The van der Waals surface area contributed by atoms with E-state index in [1.807, 2.05) is 12.3 Å². The summed E-state index contributed by atoms with van der Waals surface area (Å²) in [4.78, 5) is 8.19. The van der Waals surface area contributed by atoms with Gasteiger partial charge in [-0.25, -0.2) is 4.98 Å². The fourth-order valence-electron chi connectivity index (χ4n) is 1.02. The number of hydrogen-bond acceptors (Lipinski definition) is 6. The molecule has 2 aromatic rings. The first-order valence-electron chi connectivity index (χ1n) is 4.26. The molecule has 0 atom stereocenters. The monoisotopic (exact) mass is 210 g/mol. The molecule has 0 saturated carbocycles. The molecule has 0 aromatic carbocycles. The Hall–Kier alpha value is -1.43. The summed E-state index contributed by atoms with van der Waals surface area (Å²) in [5.41, 5.74) is 1.04. The predicted octanol–water partition coefficient (Wildman–Crippen LogP) is 1.49. The molecule has 0 saturated heterocycles. The van der Waals surface area contributed by atoms with Gasteiger partial charge in [-0.05, 0) is 6.92 Å². The Balaban J connectivity index is 1.78. The van der Waals surface area contributed by atoms with Gasteiger partial charge in [0.25, 0.3) is 0 Å². The maximum absolute atomic E-state index is 4.86. The lowest BCUT2D eigenvalue weighted by molar-refractivity contribution is 0.380. The van der Waals surface area contributed by atoms with Gasteiger partial charge >= 0.3 is 0 Å².